The van der Waals surface area contributed by atoms with Crippen LogP contribution in [0.5, 0.6) is 0 Å². The Kier molecular flexibility index (Phi) is 3.62. The third-order valence-corrected chi connectivity index (χ3v) is 4.61. The molecule has 1 aliphatic heterocycles. The fraction of sp³-hybridized carbons (Fsp3) is 0.333. The molecule has 0 fully saturated rings. The van der Waals surface area contributed by atoms with Crippen molar-refractivity contribution in [2.45, 2.75) is 30.3 Å². The van der Waals surface area contributed by atoms with Crippen molar-refractivity contribution < 1.29 is 8.81 Å². The van der Waals surface area contributed by atoms with Crippen molar-refractivity contribution in [2.24, 2.45) is 0 Å². The number of halogens is 1. The summed E-state index contributed by atoms with van der Waals surface area (Å²) in [4.78, 5) is 0.790. The molecular weight excluding hydrogens is 261 g/mol. The number of benzene rings is 1. The van der Waals surface area contributed by atoms with E-state index in [0.29, 0.717) is 0 Å². The number of hydrogen-bond donors (Lipinski definition) is 1. The maximum atomic E-state index is 13.8. The van der Waals surface area contributed by atoms with E-state index < -0.39 is 0 Å². The summed E-state index contributed by atoms with van der Waals surface area (Å²) in [5.41, 5.74) is 1.06. The van der Waals surface area contributed by atoms with Crippen LogP contribution in [0.1, 0.15) is 36.8 Å². The van der Waals surface area contributed by atoms with Crippen LogP contribution in [-0.2, 0) is 0 Å². The first-order valence-electron chi connectivity index (χ1n) is 6.46. The first-order valence-corrected chi connectivity index (χ1v) is 7.45. The van der Waals surface area contributed by atoms with Crippen LogP contribution in [0.25, 0.3) is 0 Å². The Morgan fingerprint density at radius 3 is 3.05 bits per heavy atom. The van der Waals surface area contributed by atoms with Crippen LogP contribution in [-0.4, -0.2) is 5.75 Å². The lowest BCUT2D eigenvalue weighted by Gasteiger charge is -2.28. The molecule has 2 unspecified atom stereocenters. The molecular formula is C15H16FNOS. The minimum atomic E-state index is -0.111. The zero-order valence-corrected chi connectivity index (χ0v) is 11.5. The predicted molar refractivity (Wildman–Crippen MR) is 74.7 cm³/mol. The van der Waals surface area contributed by atoms with Gasteiger partial charge in [-0.1, -0.05) is 12.1 Å². The Hall–Kier alpha value is -1.26. The van der Waals surface area contributed by atoms with E-state index in [9.17, 15) is 4.39 Å². The smallest absolute Gasteiger partial charge is 0.137 e. The van der Waals surface area contributed by atoms with Crippen molar-refractivity contribution in [1.29, 1.82) is 0 Å². The van der Waals surface area contributed by atoms with Crippen LogP contribution < -0.4 is 5.32 Å². The molecule has 100 valence electrons. The van der Waals surface area contributed by atoms with Gasteiger partial charge in [0.15, 0.2) is 0 Å². The second-order valence-electron chi connectivity index (χ2n) is 4.75. The monoisotopic (exact) mass is 277 g/mol. The largest absolute Gasteiger partial charge is 0.468 e. The van der Waals surface area contributed by atoms with Gasteiger partial charge < -0.3 is 9.73 Å². The van der Waals surface area contributed by atoms with Crippen molar-refractivity contribution >= 4 is 11.8 Å². The Morgan fingerprint density at radius 2 is 2.26 bits per heavy atom. The molecule has 2 atom stereocenters. The van der Waals surface area contributed by atoms with Crippen LogP contribution in [0.2, 0.25) is 0 Å². The summed E-state index contributed by atoms with van der Waals surface area (Å²) in [6, 6.07) is 9.49. The van der Waals surface area contributed by atoms with E-state index in [1.54, 1.807) is 24.1 Å². The van der Waals surface area contributed by atoms with Gasteiger partial charge in [-0.15, -0.1) is 11.8 Å². The van der Waals surface area contributed by atoms with E-state index in [2.05, 4.69) is 12.2 Å². The van der Waals surface area contributed by atoms with Crippen molar-refractivity contribution in [3.63, 3.8) is 0 Å². The van der Waals surface area contributed by atoms with Gasteiger partial charge in [0.2, 0.25) is 0 Å². The van der Waals surface area contributed by atoms with Gasteiger partial charge in [0.05, 0.1) is 12.3 Å². The predicted octanol–water partition coefficient (Wildman–Crippen LogP) is 4.31. The molecule has 0 amide bonds. The Morgan fingerprint density at radius 1 is 1.37 bits per heavy atom. The third kappa shape index (κ3) is 2.55. The summed E-state index contributed by atoms with van der Waals surface area (Å²) in [6.45, 7) is 2.07. The molecule has 0 saturated heterocycles. The van der Waals surface area contributed by atoms with Crippen molar-refractivity contribution in [3.05, 3.63) is 53.7 Å². The van der Waals surface area contributed by atoms with Crippen molar-refractivity contribution in [1.82, 2.24) is 5.32 Å². The first kappa shape index (κ1) is 12.8. The summed E-state index contributed by atoms with van der Waals surface area (Å²) in [6.07, 6.45) is 2.68. The van der Waals surface area contributed by atoms with Gasteiger partial charge in [-0.3, -0.25) is 0 Å². The number of thioether (sulfide) groups is 1. The summed E-state index contributed by atoms with van der Waals surface area (Å²) < 4.78 is 19.2. The number of fused-ring (bicyclic) bond motifs is 1. The summed E-state index contributed by atoms with van der Waals surface area (Å²) >= 11 is 1.61. The van der Waals surface area contributed by atoms with E-state index >= 15 is 0 Å². The Balaban J connectivity index is 1.82. The molecule has 1 aliphatic rings. The zero-order chi connectivity index (χ0) is 13.2. The number of rotatable bonds is 3. The lowest BCUT2D eigenvalue weighted by molar-refractivity contribution is 0.382. The zero-order valence-electron chi connectivity index (χ0n) is 10.7. The average molecular weight is 277 g/mol. The normalized spacial score (nSPS) is 20.0. The van der Waals surface area contributed by atoms with Crippen molar-refractivity contribution in [2.75, 3.05) is 5.75 Å². The summed E-state index contributed by atoms with van der Waals surface area (Å²) in [5.74, 6) is 1.74. The molecule has 2 aromatic rings. The highest BCUT2D eigenvalue weighted by molar-refractivity contribution is 7.99. The first-order chi connectivity index (χ1) is 9.25. The average Bonchev–Trinajstić information content (AvgIpc) is 2.94. The van der Waals surface area contributed by atoms with E-state index in [-0.39, 0.29) is 17.9 Å². The molecule has 1 aromatic carbocycles. The fourth-order valence-corrected chi connectivity index (χ4v) is 3.62. The van der Waals surface area contributed by atoms with Crippen LogP contribution in [0.15, 0.2) is 45.9 Å². The highest BCUT2D eigenvalue weighted by Gasteiger charge is 2.24. The molecule has 4 heteroatoms. The fourth-order valence-electron chi connectivity index (χ4n) is 2.48. The maximum Gasteiger partial charge on any atom is 0.137 e. The third-order valence-electron chi connectivity index (χ3n) is 3.45. The van der Waals surface area contributed by atoms with Gasteiger partial charge in [-0.2, -0.15) is 0 Å². The SMILES string of the molecule is CC(NC1CCSc2c(F)cccc21)c1ccco1. The van der Waals surface area contributed by atoms with Crippen LogP contribution >= 0.6 is 11.8 Å². The molecule has 0 aliphatic carbocycles. The van der Waals surface area contributed by atoms with Gasteiger partial charge in [0, 0.05) is 10.9 Å². The van der Waals surface area contributed by atoms with Gasteiger partial charge in [0.25, 0.3) is 0 Å². The van der Waals surface area contributed by atoms with Gasteiger partial charge in [-0.25, -0.2) is 4.39 Å². The van der Waals surface area contributed by atoms with E-state index in [0.717, 1.165) is 28.4 Å². The molecule has 0 spiro atoms. The van der Waals surface area contributed by atoms with E-state index in [1.165, 1.54) is 6.07 Å². The topological polar surface area (TPSA) is 25.2 Å². The van der Waals surface area contributed by atoms with Gasteiger partial charge in [0.1, 0.15) is 11.6 Å². The quantitative estimate of drug-likeness (QED) is 0.905. The number of hydrogen-bond acceptors (Lipinski definition) is 3. The molecule has 0 bridgehead atoms. The highest BCUT2D eigenvalue weighted by atomic mass is 32.2. The van der Waals surface area contributed by atoms with E-state index in [4.69, 9.17) is 4.42 Å². The van der Waals surface area contributed by atoms with Crippen LogP contribution in [0, 0.1) is 5.82 Å². The van der Waals surface area contributed by atoms with Gasteiger partial charge >= 0.3 is 0 Å². The number of furan rings is 1. The molecule has 1 N–H and O–H groups in total. The highest BCUT2D eigenvalue weighted by Crippen LogP contribution is 2.38. The maximum absolute atomic E-state index is 13.8. The van der Waals surface area contributed by atoms with Crippen molar-refractivity contribution in [3.8, 4) is 0 Å². The second-order valence-corrected chi connectivity index (χ2v) is 5.86. The lowest BCUT2D eigenvalue weighted by atomic mass is 10.0. The second kappa shape index (κ2) is 5.39. The summed E-state index contributed by atoms with van der Waals surface area (Å²) in [5, 5.41) is 3.53. The summed E-state index contributed by atoms with van der Waals surface area (Å²) in [7, 11) is 0. The van der Waals surface area contributed by atoms with Crippen LogP contribution in [0.4, 0.5) is 4.39 Å². The minimum absolute atomic E-state index is 0.111. The number of nitrogens with one attached hydrogen (secondary N) is 1. The molecule has 1 aromatic heterocycles. The van der Waals surface area contributed by atoms with E-state index in [1.807, 2.05) is 18.2 Å². The molecule has 0 radical (unpaired) electrons. The molecule has 2 nitrogen and oxygen atoms in total. The lowest BCUT2D eigenvalue weighted by Crippen LogP contribution is -2.27. The molecule has 0 saturated carbocycles. The Bertz CT molecular complexity index is 555. The van der Waals surface area contributed by atoms with Gasteiger partial charge in [-0.05, 0) is 42.9 Å². The van der Waals surface area contributed by atoms with Crippen LogP contribution in [0.3, 0.4) is 0 Å². The molecule has 3 rings (SSSR count). The standard InChI is InChI=1S/C15H16FNOS/c1-10(14-6-3-8-18-14)17-13-7-9-19-15-11(13)4-2-5-12(15)16/h2-6,8,10,13,17H,7,9H2,1H3. The minimum Gasteiger partial charge on any atom is -0.468 e. The molecule has 19 heavy (non-hydrogen) atoms. The Labute approximate surface area is 116 Å². The molecule has 2 heterocycles.